The molecule has 0 bridgehead atoms. The molecule has 0 atom stereocenters. The number of phenolic OH excluding ortho intramolecular Hbond substituents is 2. The first-order valence-corrected chi connectivity index (χ1v) is 5.77. The highest BCUT2D eigenvalue weighted by Gasteiger charge is 2.18. The highest BCUT2D eigenvalue weighted by molar-refractivity contribution is 5.52. The fraction of sp³-hybridized carbons (Fsp3) is 0. The summed E-state index contributed by atoms with van der Waals surface area (Å²) in [4.78, 5) is 28.2. The van der Waals surface area contributed by atoms with E-state index in [1.54, 1.807) is 0 Å². The van der Waals surface area contributed by atoms with Crippen molar-refractivity contribution < 1.29 is 25.0 Å². The number of rotatable bonds is 3. The zero-order valence-corrected chi connectivity index (χ0v) is 11.2. The van der Waals surface area contributed by atoms with Crippen molar-refractivity contribution in [1.82, 2.24) is 0 Å². The molecule has 0 aromatic heterocycles. The molecule has 2 rings (SSSR count). The summed E-state index contributed by atoms with van der Waals surface area (Å²) in [6.07, 6.45) is 0. The quantitative estimate of drug-likeness (QED) is 0.640. The van der Waals surface area contributed by atoms with Crippen LogP contribution in [0.1, 0.15) is 0 Å². The van der Waals surface area contributed by atoms with Crippen molar-refractivity contribution in [1.29, 1.82) is 0 Å². The maximum absolute atomic E-state index is 10.2. The average molecular weight is 323 g/mol. The lowest BCUT2D eigenvalue weighted by atomic mass is 10.2. The summed E-state index contributed by atoms with van der Waals surface area (Å²) >= 11 is 0. The molecular formula is C12H9N3O8. The minimum Gasteiger partial charge on any atom is -0.508 e. The van der Waals surface area contributed by atoms with Crippen LogP contribution in [-0.2, 0) is 0 Å². The van der Waals surface area contributed by atoms with Gasteiger partial charge in [0.05, 0.1) is 26.9 Å². The van der Waals surface area contributed by atoms with Crippen LogP contribution in [-0.4, -0.2) is 25.0 Å². The fourth-order valence-electron chi connectivity index (χ4n) is 1.38. The Bertz CT molecular complexity index is 762. The predicted molar refractivity (Wildman–Crippen MR) is 76.2 cm³/mol. The van der Waals surface area contributed by atoms with E-state index in [4.69, 9.17) is 10.2 Å². The molecule has 2 aromatic rings. The first kappa shape index (κ1) is 17.3. The summed E-state index contributed by atoms with van der Waals surface area (Å²) in [7, 11) is 0. The third-order valence-corrected chi connectivity index (χ3v) is 2.41. The molecule has 0 aliphatic carbocycles. The topological polar surface area (TPSA) is 170 Å². The molecule has 0 saturated carbocycles. The number of nitrogens with zero attached hydrogens (tertiary/aromatic N) is 3. The third kappa shape index (κ3) is 4.93. The van der Waals surface area contributed by atoms with Gasteiger partial charge in [0.25, 0.3) is 11.4 Å². The lowest BCUT2D eigenvalue weighted by molar-refractivity contribution is -0.394. The zero-order chi connectivity index (χ0) is 17.6. The lowest BCUT2D eigenvalue weighted by Crippen LogP contribution is -1.92. The molecular weight excluding hydrogens is 314 g/mol. The first-order chi connectivity index (χ1) is 10.7. The Balaban J connectivity index is 0.000000238. The number of nitro benzene ring substituents is 3. The van der Waals surface area contributed by atoms with Crippen LogP contribution in [0, 0.1) is 30.3 Å². The molecule has 0 radical (unpaired) electrons. The molecule has 11 heteroatoms. The Morgan fingerprint density at radius 2 is 1.30 bits per heavy atom. The number of hydrogen-bond acceptors (Lipinski definition) is 8. The number of non-ortho nitro benzene ring substituents is 2. The van der Waals surface area contributed by atoms with Gasteiger partial charge in [-0.25, -0.2) is 0 Å². The van der Waals surface area contributed by atoms with Gasteiger partial charge in [-0.3, -0.25) is 30.3 Å². The second-order valence-electron chi connectivity index (χ2n) is 3.96. The van der Waals surface area contributed by atoms with Crippen molar-refractivity contribution in [3.8, 4) is 11.5 Å². The smallest absolute Gasteiger partial charge is 0.317 e. The summed E-state index contributed by atoms with van der Waals surface area (Å²) in [6.45, 7) is 0. The third-order valence-electron chi connectivity index (χ3n) is 2.41. The number of benzene rings is 2. The maximum Gasteiger partial charge on any atom is 0.317 e. The second-order valence-corrected chi connectivity index (χ2v) is 3.96. The molecule has 0 aliphatic rings. The predicted octanol–water partition coefficient (Wildman–Crippen LogP) is 2.51. The molecule has 120 valence electrons. The van der Waals surface area contributed by atoms with Crippen LogP contribution in [0.3, 0.4) is 0 Å². The van der Waals surface area contributed by atoms with Crippen LogP contribution < -0.4 is 0 Å². The maximum atomic E-state index is 10.2. The average Bonchev–Trinajstić information content (AvgIpc) is 2.47. The van der Waals surface area contributed by atoms with Crippen molar-refractivity contribution in [3.63, 3.8) is 0 Å². The summed E-state index contributed by atoms with van der Waals surface area (Å²) in [5, 5.41) is 48.1. The van der Waals surface area contributed by atoms with Crippen LogP contribution in [0.15, 0.2) is 42.5 Å². The van der Waals surface area contributed by atoms with Gasteiger partial charge < -0.3 is 10.2 Å². The number of hydrogen-bond donors (Lipinski definition) is 2. The van der Waals surface area contributed by atoms with Crippen LogP contribution in [0.4, 0.5) is 17.1 Å². The minimum absolute atomic E-state index is 0.0887. The first-order valence-electron chi connectivity index (χ1n) is 5.77. The van der Waals surface area contributed by atoms with Crippen molar-refractivity contribution in [2.45, 2.75) is 0 Å². The Hall–Kier alpha value is -3.76. The highest BCUT2D eigenvalue weighted by Crippen LogP contribution is 2.29. The standard InChI is InChI=1S/C6H4N2O5.C6H5NO3/c9-6-2-1-4(7(10)11)3-5(6)8(12)13;8-6-3-1-2-5(4-6)7(9)10/h1-3,9H;1-4,8H. The summed E-state index contributed by atoms with van der Waals surface area (Å²) < 4.78 is 0. The van der Waals surface area contributed by atoms with E-state index in [-0.39, 0.29) is 11.4 Å². The number of phenols is 2. The van der Waals surface area contributed by atoms with Crippen LogP contribution in [0.5, 0.6) is 11.5 Å². The van der Waals surface area contributed by atoms with E-state index < -0.39 is 31.9 Å². The summed E-state index contributed by atoms with van der Waals surface area (Å²) in [6, 6.07) is 7.83. The molecule has 0 fully saturated rings. The zero-order valence-electron chi connectivity index (χ0n) is 11.2. The minimum atomic E-state index is -0.887. The summed E-state index contributed by atoms with van der Waals surface area (Å²) in [5.74, 6) is -0.676. The molecule has 0 unspecified atom stereocenters. The van der Waals surface area contributed by atoms with Crippen molar-refractivity contribution in [3.05, 3.63) is 72.8 Å². The van der Waals surface area contributed by atoms with E-state index >= 15 is 0 Å². The van der Waals surface area contributed by atoms with Crippen molar-refractivity contribution >= 4 is 17.1 Å². The van der Waals surface area contributed by atoms with E-state index in [0.29, 0.717) is 6.07 Å². The van der Waals surface area contributed by atoms with Crippen LogP contribution in [0.25, 0.3) is 0 Å². The van der Waals surface area contributed by atoms with E-state index in [0.717, 1.165) is 18.2 Å². The van der Waals surface area contributed by atoms with Gasteiger partial charge in [0, 0.05) is 12.1 Å². The SMILES string of the molecule is O=[N+]([O-])c1ccc(O)c([N+](=O)[O-])c1.O=[N+]([O-])c1cccc(O)c1. The fourth-order valence-corrected chi connectivity index (χ4v) is 1.38. The van der Waals surface area contributed by atoms with Gasteiger partial charge in [0.15, 0.2) is 5.75 Å². The Morgan fingerprint density at radius 3 is 1.74 bits per heavy atom. The number of aromatic hydroxyl groups is 2. The molecule has 0 spiro atoms. The molecule has 11 nitrogen and oxygen atoms in total. The second kappa shape index (κ2) is 7.31. The van der Waals surface area contributed by atoms with Gasteiger partial charge in [-0.15, -0.1) is 0 Å². The Morgan fingerprint density at radius 1 is 0.739 bits per heavy atom. The van der Waals surface area contributed by atoms with Crippen molar-refractivity contribution in [2.24, 2.45) is 0 Å². The van der Waals surface area contributed by atoms with Gasteiger partial charge in [-0.2, -0.15) is 0 Å². The lowest BCUT2D eigenvalue weighted by Gasteiger charge is -1.94. The van der Waals surface area contributed by atoms with Gasteiger partial charge in [0.1, 0.15) is 5.75 Å². The Labute approximate surface area is 127 Å². The van der Waals surface area contributed by atoms with Gasteiger partial charge >= 0.3 is 5.69 Å². The molecule has 0 amide bonds. The summed E-state index contributed by atoms with van der Waals surface area (Å²) in [5.41, 5.74) is -1.20. The molecule has 0 saturated heterocycles. The normalized spacial score (nSPS) is 9.39. The van der Waals surface area contributed by atoms with E-state index in [2.05, 4.69) is 0 Å². The van der Waals surface area contributed by atoms with Crippen LogP contribution >= 0.6 is 0 Å². The van der Waals surface area contributed by atoms with E-state index in [1.807, 2.05) is 0 Å². The molecule has 2 aromatic carbocycles. The molecule has 0 heterocycles. The van der Waals surface area contributed by atoms with Gasteiger partial charge in [-0.05, 0) is 12.1 Å². The van der Waals surface area contributed by atoms with Gasteiger partial charge in [0.2, 0.25) is 0 Å². The van der Waals surface area contributed by atoms with Crippen molar-refractivity contribution in [2.75, 3.05) is 0 Å². The molecule has 2 N–H and O–H groups in total. The molecule has 0 aliphatic heterocycles. The Kier molecular flexibility index (Phi) is 5.49. The molecule has 23 heavy (non-hydrogen) atoms. The number of nitro groups is 3. The van der Waals surface area contributed by atoms with E-state index in [9.17, 15) is 30.3 Å². The van der Waals surface area contributed by atoms with Gasteiger partial charge in [-0.1, -0.05) is 6.07 Å². The largest absolute Gasteiger partial charge is 0.508 e. The van der Waals surface area contributed by atoms with E-state index in [1.165, 1.54) is 18.2 Å². The van der Waals surface area contributed by atoms with Crippen LogP contribution in [0.2, 0.25) is 0 Å². The highest BCUT2D eigenvalue weighted by atomic mass is 16.6. The monoisotopic (exact) mass is 323 g/mol.